The standard InChI is InChI=1S/C16H15Cl2NO3/c1-8-15(10(3)20)9(2)19-16(8)13(21)7-22-14-5-4-11(17)6-12(14)18/h4-6,19H,7H2,1-3H3. The van der Waals surface area contributed by atoms with Gasteiger partial charge in [0, 0.05) is 16.3 Å². The molecule has 0 radical (unpaired) electrons. The molecule has 0 fully saturated rings. The van der Waals surface area contributed by atoms with E-state index in [1.54, 1.807) is 32.0 Å². The summed E-state index contributed by atoms with van der Waals surface area (Å²) in [5.74, 6) is 0.0539. The molecule has 2 rings (SSSR count). The Morgan fingerprint density at radius 3 is 2.45 bits per heavy atom. The summed E-state index contributed by atoms with van der Waals surface area (Å²) in [6.07, 6.45) is 0. The molecule has 6 heteroatoms. The third kappa shape index (κ3) is 3.34. The molecular weight excluding hydrogens is 325 g/mol. The molecule has 4 nitrogen and oxygen atoms in total. The lowest BCUT2D eigenvalue weighted by molar-refractivity contribution is 0.0916. The van der Waals surface area contributed by atoms with E-state index < -0.39 is 0 Å². The Hall–Kier alpha value is -1.78. The van der Waals surface area contributed by atoms with Crippen LogP contribution in [0.4, 0.5) is 0 Å². The number of carbonyl (C=O) groups excluding carboxylic acids is 2. The smallest absolute Gasteiger partial charge is 0.216 e. The molecule has 0 amide bonds. The summed E-state index contributed by atoms with van der Waals surface area (Å²) in [5, 5.41) is 0.828. The summed E-state index contributed by atoms with van der Waals surface area (Å²) in [6, 6.07) is 4.78. The minimum absolute atomic E-state index is 0.0769. The van der Waals surface area contributed by atoms with Crippen molar-refractivity contribution in [3.05, 3.63) is 50.8 Å². The number of Topliss-reactive ketones (excluding diaryl/α,β-unsaturated/α-hetero) is 2. The van der Waals surface area contributed by atoms with Gasteiger partial charge in [0.1, 0.15) is 5.75 Å². The van der Waals surface area contributed by atoms with Crippen LogP contribution in [0.15, 0.2) is 18.2 Å². The zero-order valence-electron chi connectivity index (χ0n) is 12.4. The topological polar surface area (TPSA) is 59.2 Å². The van der Waals surface area contributed by atoms with E-state index in [2.05, 4.69) is 4.98 Å². The summed E-state index contributed by atoms with van der Waals surface area (Å²) >= 11 is 11.8. The van der Waals surface area contributed by atoms with Crippen LogP contribution in [0, 0.1) is 13.8 Å². The van der Waals surface area contributed by atoms with Crippen LogP contribution >= 0.6 is 23.2 Å². The number of aryl methyl sites for hydroxylation is 1. The highest BCUT2D eigenvalue weighted by atomic mass is 35.5. The van der Waals surface area contributed by atoms with Gasteiger partial charge < -0.3 is 9.72 Å². The molecular formula is C16H15Cl2NO3. The lowest BCUT2D eigenvalue weighted by atomic mass is 10.1. The lowest BCUT2D eigenvalue weighted by Gasteiger charge is -2.07. The Balaban J connectivity index is 2.16. The van der Waals surface area contributed by atoms with Crippen LogP contribution in [0.1, 0.15) is 39.0 Å². The zero-order chi connectivity index (χ0) is 16.4. The normalized spacial score (nSPS) is 10.6. The third-order valence-corrected chi connectivity index (χ3v) is 3.85. The first-order chi connectivity index (χ1) is 10.3. The molecule has 0 unspecified atom stereocenters. The number of rotatable bonds is 5. The monoisotopic (exact) mass is 339 g/mol. The number of halogens is 2. The Bertz CT molecular complexity index is 750. The second-order valence-electron chi connectivity index (χ2n) is 4.97. The first-order valence-corrected chi connectivity index (χ1v) is 7.38. The second kappa shape index (κ2) is 6.55. The van der Waals surface area contributed by atoms with Crippen molar-refractivity contribution in [2.45, 2.75) is 20.8 Å². The number of H-pyrrole nitrogens is 1. The first kappa shape index (κ1) is 16.6. The summed E-state index contributed by atoms with van der Waals surface area (Å²) in [7, 11) is 0. The molecule has 1 heterocycles. The molecule has 2 aromatic rings. The number of carbonyl (C=O) groups is 2. The molecule has 0 saturated heterocycles. The van der Waals surface area contributed by atoms with Crippen molar-refractivity contribution in [2.75, 3.05) is 6.61 Å². The van der Waals surface area contributed by atoms with Gasteiger partial charge in [-0.1, -0.05) is 23.2 Å². The van der Waals surface area contributed by atoms with Crippen molar-refractivity contribution < 1.29 is 14.3 Å². The van der Waals surface area contributed by atoms with E-state index in [-0.39, 0.29) is 18.2 Å². The average molecular weight is 340 g/mol. The van der Waals surface area contributed by atoms with Crippen molar-refractivity contribution in [1.82, 2.24) is 4.98 Å². The van der Waals surface area contributed by atoms with E-state index in [1.165, 1.54) is 6.92 Å². The largest absolute Gasteiger partial charge is 0.484 e. The van der Waals surface area contributed by atoms with Crippen molar-refractivity contribution in [3.8, 4) is 5.75 Å². The van der Waals surface area contributed by atoms with Gasteiger partial charge in [0.15, 0.2) is 12.4 Å². The number of nitrogens with one attached hydrogen (secondary N) is 1. The molecule has 0 spiro atoms. The quantitative estimate of drug-likeness (QED) is 0.821. The highest BCUT2D eigenvalue weighted by Gasteiger charge is 2.20. The van der Waals surface area contributed by atoms with Crippen LogP contribution in [-0.4, -0.2) is 23.2 Å². The van der Waals surface area contributed by atoms with Gasteiger partial charge in [0.05, 0.1) is 10.7 Å². The van der Waals surface area contributed by atoms with Crippen molar-refractivity contribution >= 4 is 34.8 Å². The maximum atomic E-state index is 12.3. The number of aromatic nitrogens is 1. The molecule has 1 aromatic heterocycles. The van der Waals surface area contributed by atoms with E-state index >= 15 is 0 Å². The van der Waals surface area contributed by atoms with Crippen LogP contribution < -0.4 is 4.74 Å². The molecule has 0 atom stereocenters. The number of aromatic amines is 1. The predicted molar refractivity (Wildman–Crippen MR) is 86.6 cm³/mol. The number of hydrogen-bond acceptors (Lipinski definition) is 3. The molecule has 0 aliphatic rings. The Morgan fingerprint density at radius 1 is 1.23 bits per heavy atom. The molecule has 1 N–H and O–H groups in total. The van der Waals surface area contributed by atoms with E-state index in [9.17, 15) is 9.59 Å². The Morgan fingerprint density at radius 2 is 1.91 bits per heavy atom. The number of ketones is 2. The zero-order valence-corrected chi connectivity index (χ0v) is 13.9. The lowest BCUT2D eigenvalue weighted by Crippen LogP contribution is -2.13. The van der Waals surface area contributed by atoms with Crippen molar-refractivity contribution in [3.63, 3.8) is 0 Å². The minimum atomic E-state index is -0.251. The summed E-state index contributed by atoms with van der Waals surface area (Å²) in [5.41, 5.74) is 2.25. The first-order valence-electron chi connectivity index (χ1n) is 6.62. The van der Waals surface area contributed by atoms with Crippen LogP contribution in [0.2, 0.25) is 10.0 Å². The highest BCUT2D eigenvalue weighted by molar-refractivity contribution is 6.35. The number of benzene rings is 1. The molecule has 1 aromatic carbocycles. The van der Waals surface area contributed by atoms with E-state index in [1.807, 2.05) is 0 Å². The molecule has 116 valence electrons. The third-order valence-electron chi connectivity index (χ3n) is 3.32. The SMILES string of the molecule is CC(=O)c1c(C)[nH]c(C(=O)COc2ccc(Cl)cc2Cl)c1C. The van der Waals surface area contributed by atoms with Crippen molar-refractivity contribution in [1.29, 1.82) is 0 Å². The van der Waals surface area contributed by atoms with E-state index in [0.29, 0.717) is 38.3 Å². The fourth-order valence-corrected chi connectivity index (χ4v) is 2.83. The predicted octanol–water partition coefficient (Wildman–Crippen LogP) is 4.40. The van der Waals surface area contributed by atoms with Crippen LogP contribution in [-0.2, 0) is 0 Å². The number of ether oxygens (including phenoxy) is 1. The van der Waals surface area contributed by atoms with Gasteiger partial charge in [-0.05, 0) is 44.5 Å². The van der Waals surface area contributed by atoms with Crippen LogP contribution in [0.25, 0.3) is 0 Å². The summed E-state index contributed by atoms with van der Waals surface area (Å²) < 4.78 is 5.43. The van der Waals surface area contributed by atoms with Crippen LogP contribution in [0.3, 0.4) is 0 Å². The Labute approximate surface area is 138 Å². The van der Waals surface area contributed by atoms with Gasteiger partial charge in [-0.25, -0.2) is 0 Å². The minimum Gasteiger partial charge on any atom is -0.484 e. The molecule has 0 aliphatic carbocycles. The van der Waals surface area contributed by atoms with E-state index in [4.69, 9.17) is 27.9 Å². The van der Waals surface area contributed by atoms with Crippen molar-refractivity contribution in [2.24, 2.45) is 0 Å². The fraction of sp³-hybridized carbons (Fsp3) is 0.250. The molecule has 0 bridgehead atoms. The van der Waals surface area contributed by atoms with Gasteiger partial charge in [0.25, 0.3) is 0 Å². The number of hydrogen-bond donors (Lipinski definition) is 1. The maximum Gasteiger partial charge on any atom is 0.216 e. The van der Waals surface area contributed by atoms with Crippen LogP contribution in [0.5, 0.6) is 5.75 Å². The fourth-order valence-electron chi connectivity index (χ4n) is 2.36. The van der Waals surface area contributed by atoms with Gasteiger partial charge in [0.2, 0.25) is 5.78 Å². The van der Waals surface area contributed by atoms with Gasteiger partial charge >= 0.3 is 0 Å². The van der Waals surface area contributed by atoms with Gasteiger partial charge in [-0.15, -0.1) is 0 Å². The highest BCUT2D eigenvalue weighted by Crippen LogP contribution is 2.27. The maximum absolute atomic E-state index is 12.3. The Kier molecular flexibility index (Phi) is 4.94. The second-order valence-corrected chi connectivity index (χ2v) is 5.81. The average Bonchev–Trinajstić information content (AvgIpc) is 2.72. The molecule has 22 heavy (non-hydrogen) atoms. The van der Waals surface area contributed by atoms with E-state index in [0.717, 1.165) is 0 Å². The summed E-state index contributed by atoms with van der Waals surface area (Å²) in [4.78, 5) is 26.8. The van der Waals surface area contributed by atoms with Gasteiger partial charge in [-0.3, -0.25) is 9.59 Å². The van der Waals surface area contributed by atoms with Gasteiger partial charge in [-0.2, -0.15) is 0 Å². The molecule has 0 aliphatic heterocycles. The molecule has 0 saturated carbocycles. The summed E-state index contributed by atoms with van der Waals surface area (Å²) in [6.45, 7) is 4.79.